The van der Waals surface area contributed by atoms with Crippen LogP contribution in [0.2, 0.25) is 0 Å². The van der Waals surface area contributed by atoms with E-state index in [-0.39, 0.29) is 0 Å². The molecule has 1 rings (SSSR count). The van der Waals surface area contributed by atoms with Gasteiger partial charge in [0.2, 0.25) is 0 Å². The Hall–Kier alpha value is -0.820. The van der Waals surface area contributed by atoms with Crippen molar-refractivity contribution >= 4 is 0 Å². The van der Waals surface area contributed by atoms with E-state index in [1.807, 2.05) is 0 Å². The predicted octanol–water partition coefficient (Wildman–Crippen LogP) is 5.25. The zero-order valence-electron chi connectivity index (χ0n) is 13.4. The SMILES string of the molecule is CCCCCC(C)(C)CNC(C)c1ccc(C)cc1. The molecule has 0 heterocycles. The average molecular weight is 261 g/mol. The molecule has 0 saturated heterocycles. The zero-order chi connectivity index (χ0) is 14.3. The highest BCUT2D eigenvalue weighted by Gasteiger charge is 2.18. The van der Waals surface area contributed by atoms with Gasteiger partial charge in [0, 0.05) is 12.6 Å². The van der Waals surface area contributed by atoms with Crippen LogP contribution in [0.3, 0.4) is 0 Å². The molecule has 0 spiro atoms. The highest BCUT2D eigenvalue weighted by molar-refractivity contribution is 5.23. The molecule has 1 N–H and O–H groups in total. The molecule has 0 amide bonds. The summed E-state index contributed by atoms with van der Waals surface area (Å²) in [5.41, 5.74) is 3.11. The molecule has 1 unspecified atom stereocenters. The van der Waals surface area contributed by atoms with Crippen LogP contribution in [-0.4, -0.2) is 6.54 Å². The first-order chi connectivity index (χ1) is 8.94. The molecule has 0 fully saturated rings. The predicted molar refractivity (Wildman–Crippen MR) is 85.5 cm³/mol. The lowest BCUT2D eigenvalue weighted by atomic mass is 9.86. The zero-order valence-corrected chi connectivity index (χ0v) is 13.4. The third kappa shape index (κ3) is 6.24. The van der Waals surface area contributed by atoms with Crippen LogP contribution >= 0.6 is 0 Å². The number of benzene rings is 1. The molecular weight excluding hydrogens is 230 g/mol. The smallest absolute Gasteiger partial charge is 0.0292 e. The van der Waals surface area contributed by atoms with Gasteiger partial charge in [0.05, 0.1) is 0 Å². The van der Waals surface area contributed by atoms with E-state index in [1.165, 1.54) is 36.8 Å². The Labute approximate surface area is 119 Å². The average Bonchev–Trinajstić information content (AvgIpc) is 2.37. The van der Waals surface area contributed by atoms with E-state index in [1.54, 1.807) is 0 Å². The molecule has 0 aliphatic heterocycles. The summed E-state index contributed by atoms with van der Waals surface area (Å²) in [5, 5.41) is 3.69. The quantitative estimate of drug-likeness (QED) is 0.630. The maximum atomic E-state index is 3.69. The summed E-state index contributed by atoms with van der Waals surface area (Å²) in [6.45, 7) is 12.5. The number of aryl methyl sites for hydroxylation is 1. The van der Waals surface area contributed by atoms with Crippen molar-refractivity contribution in [2.75, 3.05) is 6.54 Å². The molecule has 0 bridgehead atoms. The first kappa shape index (κ1) is 16.2. The number of unbranched alkanes of at least 4 members (excludes halogenated alkanes) is 2. The van der Waals surface area contributed by atoms with Crippen molar-refractivity contribution in [2.45, 2.75) is 66.3 Å². The summed E-state index contributed by atoms with van der Waals surface area (Å²) in [4.78, 5) is 0. The molecular formula is C18H31N. The Morgan fingerprint density at radius 3 is 2.32 bits per heavy atom. The summed E-state index contributed by atoms with van der Waals surface area (Å²) < 4.78 is 0. The number of hydrogen-bond acceptors (Lipinski definition) is 1. The van der Waals surface area contributed by atoms with Crippen LogP contribution in [-0.2, 0) is 0 Å². The number of hydrogen-bond donors (Lipinski definition) is 1. The fraction of sp³-hybridized carbons (Fsp3) is 0.667. The molecule has 0 aromatic heterocycles. The minimum Gasteiger partial charge on any atom is -0.310 e. The minimum absolute atomic E-state index is 0.397. The van der Waals surface area contributed by atoms with Crippen LogP contribution in [0.1, 0.15) is 70.5 Å². The normalized spacial score (nSPS) is 13.5. The lowest BCUT2D eigenvalue weighted by Crippen LogP contribution is -2.31. The Kier molecular flexibility index (Phi) is 6.57. The van der Waals surface area contributed by atoms with Crippen LogP contribution in [0, 0.1) is 12.3 Å². The fourth-order valence-electron chi connectivity index (χ4n) is 2.34. The van der Waals surface area contributed by atoms with Gasteiger partial charge in [-0.05, 0) is 31.2 Å². The highest BCUT2D eigenvalue weighted by Crippen LogP contribution is 2.24. The Balaban J connectivity index is 2.40. The van der Waals surface area contributed by atoms with Gasteiger partial charge in [-0.25, -0.2) is 0 Å². The van der Waals surface area contributed by atoms with Crippen molar-refractivity contribution in [1.29, 1.82) is 0 Å². The second-order valence-corrected chi connectivity index (χ2v) is 6.63. The van der Waals surface area contributed by atoms with Crippen molar-refractivity contribution in [2.24, 2.45) is 5.41 Å². The fourth-order valence-corrected chi connectivity index (χ4v) is 2.34. The van der Waals surface area contributed by atoms with E-state index in [9.17, 15) is 0 Å². The molecule has 1 aromatic rings. The Bertz CT molecular complexity index is 350. The number of rotatable bonds is 8. The lowest BCUT2D eigenvalue weighted by Gasteiger charge is -2.27. The van der Waals surface area contributed by atoms with Crippen molar-refractivity contribution in [1.82, 2.24) is 5.32 Å². The summed E-state index contributed by atoms with van der Waals surface area (Å²) in [5.74, 6) is 0. The summed E-state index contributed by atoms with van der Waals surface area (Å²) in [6.07, 6.45) is 5.33. The van der Waals surface area contributed by atoms with Crippen LogP contribution < -0.4 is 5.32 Å². The maximum Gasteiger partial charge on any atom is 0.0292 e. The second-order valence-electron chi connectivity index (χ2n) is 6.63. The van der Waals surface area contributed by atoms with Gasteiger partial charge >= 0.3 is 0 Å². The van der Waals surface area contributed by atoms with Crippen molar-refractivity contribution < 1.29 is 0 Å². The first-order valence-corrected chi connectivity index (χ1v) is 7.74. The molecule has 1 atom stereocenters. The van der Waals surface area contributed by atoms with Gasteiger partial charge in [-0.3, -0.25) is 0 Å². The molecule has 0 aliphatic rings. The van der Waals surface area contributed by atoms with E-state index in [2.05, 4.69) is 64.2 Å². The van der Waals surface area contributed by atoms with Gasteiger partial charge in [-0.2, -0.15) is 0 Å². The molecule has 1 aromatic carbocycles. The van der Waals surface area contributed by atoms with Crippen molar-refractivity contribution in [3.63, 3.8) is 0 Å². The molecule has 19 heavy (non-hydrogen) atoms. The Morgan fingerprint density at radius 2 is 1.74 bits per heavy atom. The van der Waals surface area contributed by atoms with Crippen LogP contribution in [0.4, 0.5) is 0 Å². The summed E-state index contributed by atoms with van der Waals surface area (Å²) in [7, 11) is 0. The third-order valence-electron chi connectivity index (χ3n) is 3.92. The van der Waals surface area contributed by atoms with E-state index >= 15 is 0 Å². The summed E-state index contributed by atoms with van der Waals surface area (Å²) >= 11 is 0. The maximum absolute atomic E-state index is 3.69. The van der Waals surface area contributed by atoms with Crippen LogP contribution in [0.15, 0.2) is 24.3 Å². The monoisotopic (exact) mass is 261 g/mol. The standard InChI is InChI=1S/C18H31N/c1-6-7-8-13-18(4,5)14-19-16(3)17-11-9-15(2)10-12-17/h9-12,16,19H,6-8,13-14H2,1-5H3. The number of nitrogens with one attached hydrogen (secondary N) is 1. The molecule has 0 saturated carbocycles. The van der Waals surface area contributed by atoms with Gasteiger partial charge < -0.3 is 5.32 Å². The lowest BCUT2D eigenvalue weighted by molar-refractivity contribution is 0.291. The molecule has 1 nitrogen and oxygen atoms in total. The van der Waals surface area contributed by atoms with Gasteiger partial charge in [0.15, 0.2) is 0 Å². The van der Waals surface area contributed by atoms with Gasteiger partial charge in [-0.15, -0.1) is 0 Å². The largest absolute Gasteiger partial charge is 0.310 e. The molecule has 0 radical (unpaired) electrons. The highest BCUT2D eigenvalue weighted by atomic mass is 14.9. The molecule has 0 aliphatic carbocycles. The van der Waals surface area contributed by atoms with Crippen LogP contribution in [0.5, 0.6) is 0 Å². The molecule has 1 heteroatoms. The third-order valence-corrected chi connectivity index (χ3v) is 3.92. The van der Waals surface area contributed by atoms with Crippen molar-refractivity contribution in [3.8, 4) is 0 Å². The van der Waals surface area contributed by atoms with Gasteiger partial charge in [0.1, 0.15) is 0 Å². The van der Waals surface area contributed by atoms with Crippen molar-refractivity contribution in [3.05, 3.63) is 35.4 Å². The van der Waals surface area contributed by atoms with E-state index in [0.717, 1.165) is 6.54 Å². The van der Waals surface area contributed by atoms with E-state index < -0.39 is 0 Å². The van der Waals surface area contributed by atoms with E-state index in [0.29, 0.717) is 11.5 Å². The van der Waals surface area contributed by atoms with Gasteiger partial charge in [-0.1, -0.05) is 69.9 Å². The van der Waals surface area contributed by atoms with Gasteiger partial charge in [0.25, 0.3) is 0 Å². The Morgan fingerprint density at radius 1 is 1.11 bits per heavy atom. The second kappa shape index (κ2) is 7.69. The minimum atomic E-state index is 0.397. The van der Waals surface area contributed by atoms with Crippen LogP contribution in [0.25, 0.3) is 0 Å². The van der Waals surface area contributed by atoms with E-state index in [4.69, 9.17) is 0 Å². The summed E-state index contributed by atoms with van der Waals surface area (Å²) in [6, 6.07) is 9.29. The topological polar surface area (TPSA) is 12.0 Å². The first-order valence-electron chi connectivity index (χ1n) is 7.74. The molecule has 108 valence electrons.